The zero-order chi connectivity index (χ0) is 13.1. The summed E-state index contributed by atoms with van der Waals surface area (Å²) in [5, 5.41) is 2.74. The Bertz CT molecular complexity index is 293. The van der Waals surface area contributed by atoms with Gasteiger partial charge in [0.1, 0.15) is 6.04 Å². The summed E-state index contributed by atoms with van der Waals surface area (Å²) in [6.07, 6.45) is 3.33. The lowest BCUT2D eigenvalue weighted by atomic mass is 10.1. The number of hydrogen-bond donors (Lipinski definition) is 1. The molecule has 98 valence electrons. The number of hydrogen-bond acceptors (Lipinski definition) is 2. The van der Waals surface area contributed by atoms with Gasteiger partial charge in [-0.1, -0.05) is 15.9 Å². The zero-order valence-corrected chi connectivity index (χ0v) is 12.3. The molecule has 0 aromatic heterocycles. The Morgan fingerprint density at radius 3 is 2.24 bits per heavy atom. The van der Waals surface area contributed by atoms with Crippen LogP contribution in [-0.2, 0) is 9.59 Å². The molecule has 2 amide bonds. The normalized spacial score (nSPS) is 18.7. The van der Waals surface area contributed by atoms with E-state index >= 15 is 0 Å². The monoisotopic (exact) mass is 304 g/mol. The Hall–Kier alpha value is -0.580. The Morgan fingerprint density at radius 2 is 1.76 bits per heavy atom. The zero-order valence-electron chi connectivity index (χ0n) is 10.8. The molecule has 1 aliphatic rings. The van der Waals surface area contributed by atoms with Crippen LogP contribution in [0.4, 0.5) is 0 Å². The second kappa shape index (κ2) is 5.85. The smallest absolute Gasteiger partial charge is 0.244 e. The first-order valence-corrected chi connectivity index (χ1v) is 6.90. The summed E-state index contributed by atoms with van der Waals surface area (Å²) < 4.78 is -0.635. The molecule has 0 bridgehead atoms. The van der Waals surface area contributed by atoms with Crippen molar-refractivity contribution >= 4 is 27.7 Å². The second-order valence-corrected chi connectivity index (χ2v) is 7.04. The Labute approximate surface area is 111 Å². The SMILES string of the molecule is CC(NC(=O)C(C)(C)Br)C(=O)N1CCCCC1. The maximum absolute atomic E-state index is 12.1. The van der Waals surface area contributed by atoms with Gasteiger partial charge in [-0.2, -0.15) is 0 Å². The Kier molecular flexibility index (Phi) is 4.98. The third kappa shape index (κ3) is 4.30. The van der Waals surface area contributed by atoms with Gasteiger partial charge in [-0.05, 0) is 40.0 Å². The highest BCUT2D eigenvalue weighted by molar-refractivity contribution is 9.10. The van der Waals surface area contributed by atoms with E-state index in [2.05, 4.69) is 21.2 Å². The minimum atomic E-state index is -0.635. The van der Waals surface area contributed by atoms with E-state index in [0.717, 1.165) is 25.9 Å². The highest BCUT2D eigenvalue weighted by atomic mass is 79.9. The molecular weight excluding hydrogens is 284 g/mol. The van der Waals surface area contributed by atoms with Gasteiger partial charge in [0, 0.05) is 13.1 Å². The molecular formula is C12H21BrN2O2. The van der Waals surface area contributed by atoms with Crippen molar-refractivity contribution in [1.82, 2.24) is 10.2 Å². The Morgan fingerprint density at radius 1 is 1.24 bits per heavy atom. The van der Waals surface area contributed by atoms with E-state index in [-0.39, 0.29) is 11.8 Å². The quantitative estimate of drug-likeness (QED) is 0.807. The molecule has 0 aromatic rings. The van der Waals surface area contributed by atoms with E-state index in [1.54, 1.807) is 20.8 Å². The Balaban J connectivity index is 2.49. The molecule has 5 heteroatoms. The molecule has 0 saturated carbocycles. The third-order valence-corrected chi connectivity index (χ3v) is 3.29. The lowest BCUT2D eigenvalue weighted by Crippen LogP contribution is -2.51. The van der Waals surface area contributed by atoms with Crippen molar-refractivity contribution in [2.24, 2.45) is 0 Å². The van der Waals surface area contributed by atoms with Crippen molar-refractivity contribution in [2.75, 3.05) is 13.1 Å². The van der Waals surface area contributed by atoms with Crippen molar-refractivity contribution in [3.8, 4) is 0 Å². The van der Waals surface area contributed by atoms with Crippen LogP contribution in [0.3, 0.4) is 0 Å². The average Bonchev–Trinajstić information content (AvgIpc) is 2.27. The maximum atomic E-state index is 12.1. The molecule has 1 N–H and O–H groups in total. The molecule has 1 aliphatic heterocycles. The van der Waals surface area contributed by atoms with Crippen LogP contribution in [0, 0.1) is 0 Å². The summed E-state index contributed by atoms with van der Waals surface area (Å²) in [5.74, 6) is -0.134. The van der Waals surface area contributed by atoms with Gasteiger partial charge in [0.05, 0.1) is 4.32 Å². The fourth-order valence-electron chi connectivity index (χ4n) is 1.82. The predicted molar refractivity (Wildman–Crippen MR) is 71.0 cm³/mol. The number of halogens is 1. The van der Waals surface area contributed by atoms with Gasteiger partial charge < -0.3 is 10.2 Å². The van der Waals surface area contributed by atoms with Crippen LogP contribution in [0.15, 0.2) is 0 Å². The lowest BCUT2D eigenvalue weighted by Gasteiger charge is -2.30. The molecule has 0 aliphatic carbocycles. The number of amides is 2. The molecule has 1 heterocycles. The number of piperidine rings is 1. The van der Waals surface area contributed by atoms with Crippen molar-refractivity contribution in [3.63, 3.8) is 0 Å². The third-order valence-electron chi connectivity index (χ3n) is 2.93. The standard InChI is InChI=1S/C12H21BrN2O2/c1-9(14-11(17)12(2,3)13)10(16)15-7-5-4-6-8-15/h9H,4-8H2,1-3H3,(H,14,17). The molecule has 17 heavy (non-hydrogen) atoms. The maximum Gasteiger partial charge on any atom is 0.244 e. The van der Waals surface area contributed by atoms with E-state index in [0.29, 0.717) is 0 Å². The number of carbonyl (C=O) groups excluding carboxylic acids is 2. The molecule has 0 spiro atoms. The minimum Gasteiger partial charge on any atom is -0.343 e. The number of nitrogens with zero attached hydrogens (tertiary/aromatic N) is 1. The van der Waals surface area contributed by atoms with Crippen LogP contribution in [-0.4, -0.2) is 40.2 Å². The molecule has 0 radical (unpaired) electrons. The summed E-state index contributed by atoms with van der Waals surface area (Å²) in [5.41, 5.74) is 0. The van der Waals surface area contributed by atoms with Crippen molar-refractivity contribution < 1.29 is 9.59 Å². The van der Waals surface area contributed by atoms with Gasteiger partial charge in [-0.25, -0.2) is 0 Å². The largest absolute Gasteiger partial charge is 0.343 e. The van der Waals surface area contributed by atoms with E-state index in [1.807, 2.05) is 4.90 Å². The average molecular weight is 305 g/mol. The molecule has 1 unspecified atom stereocenters. The number of nitrogens with one attached hydrogen (secondary N) is 1. The first kappa shape index (κ1) is 14.5. The van der Waals surface area contributed by atoms with Crippen LogP contribution >= 0.6 is 15.9 Å². The van der Waals surface area contributed by atoms with E-state index < -0.39 is 10.4 Å². The van der Waals surface area contributed by atoms with Crippen molar-refractivity contribution in [1.29, 1.82) is 0 Å². The predicted octanol–water partition coefficient (Wildman–Crippen LogP) is 1.68. The first-order valence-electron chi connectivity index (χ1n) is 6.11. The van der Waals surface area contributed by atoms with Crippen molar-refractivity contribution in [2.45, 2.75) is 50.4 Å². The van der Waals surface area contributed by atoms with Crippen LogP contribution in [0.2, 0.25) is 0 Å². The number of likely N-dealkylation sites (tertiary alicyclic amines) is 1. The van der Waals surface area contributed by atoms with E-state index in [1.165, 1.54) is 6.42 Å². The fourth-order valence-corrected chi connectivity index (χ4v) is 1.93. The topological polar surface area (TPSA) is 49.4 Å². The number of alkyl halides is 1. The van der Waals surface area contributed by atoms with Gasteiger partial charge in [-0.15, -0.1) is 0 Å². The minimum absolute atomic E-state index is 0.0230. The summed E-state index contributed by atoms with van der Waals surface area (Å²) in [6, 6.07) is -0.447. The van der Waals surface area contributed by atoms with E-state index in [9.17, 15) is 9.59 Å². The molecule has 1 rings (SSSR count). The van der Waals surface area contributed by atoms with Crippen LogP contribution in [0.1, 0.15) is 40.0 Å². The van der Waals surface area contributed by atoms with Gasteiger partial charge in [0.15, 0.2) is 0 Å². The summed E-state index contributed by atoms with van der Waals surface area (Å²) in [4.78, 5) is 25.6. The van der Waals surface area contributed by atoms with Crippen LogP contribution in [0.25, 0.3) is 0 Å². The summed E-state index contributed by atoms with van der Waals surface area (Å²) >= 11 is 3.28. The second-order valence-electron chi connectivity index (χ2n) is 5.05. The van der Waals surface area contributed by atoms with Crippen molar-refractivity contribution in [3.05, 3.63) is 0 Å². The lowest BCUT2D eigenvalue weighted by molar-refractivity contribution is -0.137. The molecule has 4 nitrogen and oxygen atoms in total. The van der Waals surface area contributed by atoms with Gasteiger partial charge in [0.25, 0.3) is 0 Å². The first-order chi connectivity index (χ1) is 7.82. The van der Waals surface area contributed by atoms with Gasteiger partial charge >= 0.3 is 0 Å². The van der Waals surface area contributed by atoms with E-state index in [4.69, 9.17) is 0 Å². The molecule has 1 atom stereocenters. The fraction of sp³-hybridized carbons (Fsp3) is 0.833. The molecule has 0 aromatic carbocycles. The summed E-state index contributed by atoms with van der Waals surface area (Å²) in [7, 11) is 0. The number of rotatable bonds is 3. The highest BCUT2D eigenvalue weighted by Gasteiger charge is 2.29. The van der Waals surface area contributed by atoms with Gasteiger partial charge in [0.2, 0.25) is 11.8 Å². The van der Waals surface area contributed by atoms with Crippen LogP contribution < -0.4 is 5.32 Å². The van der Waals surface area contributed by atoms with Crippen LogP contribution in [0.5, 0.6) is 0 Å². The summed E-state index contributed by atoms with van der Waals surface area (Å²) in [6.45, 7) is 6.90. The molecule has 1 fully saturated rings. The number of carbonyl (C=O) groups is 2. The van der Waals surface area contributed by atoms with Gasteiger partial charge in [-0.3, -0.25) is 9.59 Å². The highest BCUT2D eigenvalue weighted by Crippen LogP contribution is 2.16. The molecule has 1 saturated heterocycles.